The molecule has 0 spiro atoms. The molecule has 0 saturated heterocycles. The maximum absolute atomic E-state index is 13.6. The highest BCUT2D eigenvalue weighted by molar-refractivity contribution is 5.99. The Balaban J connectivity index is 1.59. The molecule has 7 heteroatoms. The molecule has 3 atom stereocenters. The molecule has 1 aliphatic carbocycles. The molecule has 7 nitrogen and oxygen atoms in total. The average Bonchev–Trinajstić information content (AvgIpc) is 2.91. The fourth-order valence-corrected chi connectivity index (χ4v) is 5.76. The van der Waals surface area contributed by atoms with Crippen molar-refractivity contribution in [3.63, 3.8) is 0 Å². The standard InChI is InChI=1S/C30H38N2O5/c1-19(24-12-8-9-13-27(24)36-4)16-22(17-21-10-6-5-7-11-21)30(3,35)29(34)31-23-14-15-25-26(18-23)20(2)32-37-28(25)33/h8-9,12-15,18-19,21-22,35H,5-7,10-11,16-17H2,1-4H3,(H,31,34)/t19?,22-,30+/m1/s1. The number of carbonyl (C=O) groups excluding carboxylic acids is 1. The van der Waals surface area contributed by atoms with E-state index >= 15 is 0 Å². The molecule has 198 valence electrons. The van der Waals surface area contributed by atoms with Crippen LogP contribution in [0.1, 0.15) is 76.0 Å². The normalized spacial score (nSPS) is 17.6. The van der Waals surface area contributed by atoms with E-state index in [2.05, 4.69) is 23.5 Å². The Morgan fingerprint density at radius 3 is 2.65 bits per heavy atom. The van der Waals surface area contributed by atoms with Crippen LogP contribution >= 0.6 is 0 Å². The summed E-state index contributed by atoms with van der Waals surface area (Å²) in [4.78, 5) is 25.6. The second-order valence-electron chi connectivity index (χ2n) is 10.7. The van der Waals surface area contributed by atoms with Gasteiger partial charge in [-0.05, 0) is 74.3 Å². The molecular formula is C30H38N2O5. The van der Waals surface area contributed by atoms with Gasteiger partial charge in [0.2, 0.25) is 0 Å². The van der Waals surface area contributed by atoms with E-state index in [-0.39, 0.29) is 11.8 Å². The smallest absolute Gasteiger partial charge is 0.366 e. The van der Waals surface area contributed by atoms with Crippen LogP contribution in [0, 0.1) is 18.8 Å². The fraction of sp³-hybridized carbons (Fsp3) is 0.500. The number of anilines is 1. The lowest BCUT2D eigenvalue weighted by Crippen LogP contribution is -2.47. The van der Waals surface area contributed by atoms with E-state index in [0.29, 0.717) is 34.5 Å². The number of carbonyl (C=O) groups is 1. The van der Waals surface area contributed by atoms with Crippen molar-refractivity contribution in [2.75, 3.05) is 12.4 Å². The number of nitrogens with zero attached hydrogens (tertiary/aromatic N) is 1. The van der Waals surface area contributed by atoms with Gasteiger partial charge in [0.05, 0.1) is 18.2 Å². The van der Waals surface area contributed by atoms with Crippen molar-refractivity contribution in [2.45, 2.75) is 77.2 Å². The maximum atomic E-state index is 13.6. The van der Waals surface area contributed by atoms with Gasteiger partial charge >= 0.3 is 5.63 Å². The van der Waals surface area contributed by atoms with Gasteiger partial charge in [-0.1, -0.05) is 62.4 Å². The number of hydrogen-bond donors (Lipinski definition) is 2. The van der Waals surface area contributed by atoms with Crippen molar-refractivity contribution < 1.29 is 19.2 Å². The number of para-hydroxylation sites is 1. The van der Waals surface area contributed by atoms with Gasteiger partial charge in [0, 0.05) is 11.1 Å². The highest BCUT2D eigenvalue weighted by Crippen LogP contribution is 2.40. The Morgan fingerprint density at radius 1 is 1.19 bits per heavy atom. The van der Waals surface area contributed by atoms with Crippen molar-refractivity contribution in [2.24, 2.45) is 11.8 Å². The zero-order valence-corrected chi connectivity index (χ0v) is 22.3. The minimum absolute atomic E-state index is 0.0950. The highest BCUT2D eigenvalue weighted by Gasteiger charge is 2.41. The largest absolute Gasteiger partial charge is 0.496 e. The van der Waals surface area contributed by atoms with Gasteiger partial charge in [0.25, 0.3) is 5.91 Å². The van der Waals surface area contributed by atoms with Crippen LogP contribution in [0.3, 0.4) is 0 Å². The first-order valence-electron chi connectivity index (χ1n) is 13.3. The molecule has 37 heavy (non-hydrogen) atoms. The number of hydrogen-bond acceptors (Lipinski definition) is 6. The summed E-state index contributed by atoms with van der Waals surface area (Å²) in [7, 11) is 1.67. The molecule has 1 aliphatic rings. The quantitative estimate of drug-likeness (QED) is 0.370. The second-order valence-corrected chi connectivity index (χ2v) is 10.7. The summed E-state index contributed by atoms with van der Waals surface area (Å²) in [5.74, 6) is 0.717. The molecule has 1 fully saturated rings. The van der Waals surface area contributed by atoms with Crippen LogP contribution in [0.2, 0.25) is 0 Å². The molecule has 0 aliphatic heterocycles. The number of fused-ring (bicyclic) bond motifs is 1. The Bertz CT molecular complexity index is 1290. The van der Waals surface area contributed by atoms with Crippen LogP contribution in [-0.4, -0.2) is 28.9 Å². The SMILES string of the molecule is COc1ccccc1C(C)C[C@H](CC1CCCCC1)[C@](C)(O)C(=O)Nc1ccc2c(=O)onc(C)c2c1. The van der Waals surface area contributed by atoms with Gasteiger partial charge < -0.3 is 19.7 Å². The van der Waals surface area contributed by atoms with Crippen LogP contribution in [0.4, 0.5) is 5.69 Å². The summed E-state index contributed by atoms with van der Waals surface area (Å²) in [6, 6.07) is 12.9. The maximum Gasteiger partial charge on any atom is 0.366 e. The van der Waals surface area contributed by atoms with Crippen LogP contribution in [0.5, 0.6) is 5.75 Å². The monoisotopic (exact) mass is 506 g/mol. The number of aromatic nitrogens is 1. The number of nitrogens with one attached hydrogen (secondary N) is 1. The number of ether oxygens (including phenoxy) is 1. The van der Waals surface area contributed by atoms with E-state index < -0.39 is 17.1 Å². The van der Waals surface area contributed by atoms with Gasteiger partial charge in [-0.15, -0.1) is 0 Å². The minimum atomic E-state index is -1.59. The molecule has 1 aromatic heterocycles. The molecule has 4 rings (SSSR count). The number of rotatable bonds is 9. The first-order valence-corrected chi connectivity index (χ1v) is 13.3. The molecule has 0 bridgehead atoms. The molecule has 2 N–H and O–H groups in total. The fourth-order valence-electron chi connectivity index (χ4n) is 5.76. The number of aryl methyl sites for hydroxylation is 1. The van der Waals surface area contributed by atoms with Crippen LogP contribution < -0.4 is 15.7 Å². The van der Waals surface area contributed by atoms with Crippen LogP contribution in [0.25, 0.3) is 10.8 Å². The lowest BCUT2D eigenvalue weighted by atomic mass is 9.72. The molecule has 0 radical (unpaired) electrons. The number of benzene rings is 2. The van der Waals surface area contributed by atoms with Crippen LogP contribution in [0.15, 0.2) is 51.8 Å². The summed E-state index contributed by atoms with van der Waals surface area (Å²) >= 11 is 0. The van der Waals surface area contributed by atoms with Crippen molar-refractivity contribution in [1.29, 1.82) is 0 Å². The van der Waals surface area contributed by atoms with Gasteiger partial charge in [-0.25, -0.2) is 4.79 Å². The first-order chi connectivity index (χ1) is 17.7. The summed E-state index contributed by atoms with van der Waals surface area (Å²) < 4.78 is 10.4. The second kappa shape index (κ2) is 11.5. The number of amides is 1. The Kier molecular flexibility index (Phi) is 8.32. The van der Waals surface area contributed by atoms with Gasteiger partial charge in [0.1, 0.15) is 11.4 Å². The lowest BCUT2D eigenvalue weighted by Gasteiger charge is -2.37. The van der Waals surface area contributed by atoms with Crippen molar-refractivity contribution in [1.82, 2.24) is 5.16 Å². The van der Waals surface area contributed by atoms with Gasteiger partial charge in [0.15, 0.2) is 0 Å². The third-order valence-electron chi connectivity index (χ3n) is 8.06. The van der Waals surface area contributed by atoms with Gasteiger partial charge in [-0.2, -0.15) is 0 Å². The van der Waals surface area contributed by atoms with Crippen molar-refractivity contribution >= 4 is 22.4 Å². The molecule has 1 heterocycles. The third kappa shape index (κ3) is 6.04. The van der Waals surface area contributed by atoms with E-state index in [9.17, 15) is 14.7 Å². The van der Waals surface area contributed by atoms with Crippen LogP contribution in [-0.2, 0) is 4.79 Å². The summed E-state index contributed by atoms with van der Waals surface area (Å²) in [5.41, 5.74) is 0.0152. The Labute approximate surface area is 218 Å². The van der Waals surface area contributed by atoms with Gasteiger partial charge in [-0.3, -0.25) is 4.79 Å². The summed E-state index contributed by atoms with van der Waals surface area (Å²) in [5, 5.41) is 19.4. The zero-order valence-electron chi connectivity index (χ0n) is 22.3. The zero-order chi connectivity index (χ0) is 26.6. The topological polar surface area (TPSA) is 102 Å². The molecule has 1 amide bonds. The average molecular weight is 507 g/mol. The minimum Gasteiger partial charge on any atom is -0.496 e. The Morgan fingerprint density at radius 2 is 1.92 bits per heavy atom. The molecular weight excluding hydrogens is 468 g/mol. The predicted molar refractivity (Wildman–Crippen MR) is 145 cm³/mol. The number of methoxy groups -OCH3 is 1. The predicted octanol–water partition coefficient (Wildman–Crippen LogP) is 5.97. The first kappa shape index (κ1) is 26.9. The number of aliphatic hydroxyl groups is 1. The van der Waals surface area contributed by atoms with E-state index in [0.717, 1.165) is 30.6 Å². The third-order valence-corrected chi connectivity index (χ3v) is 8.06. The molecule has 2 aromatic carbocycles. The molecule has 1 saturated carbocycles. The Hall–Kier alpha value is -3.19. The summed E-state index contributed by atoms with van der Waals surface area (Å²) in [6.45, 7) is 5.50. The highest BCUT2D eigenvalue weighted by atomic mass is 16.5. The van der Waals surface area contributed by atoms with E-state index in [1.807, 2.05) is 18.2 Å². The van der Waals surface area contributed by atoms with Crippen molar-refractivity contribution in [3.8, 4) is 5.75 Å². The lowest BCUT2D eigenvalue weighted by molar-refractivity contribution is -0.139. The summed E-state index contributed by atoms with van der Waals surface area (Å²) in [6.07, 6.45) is 7.37. The van der Waals surface area contributed by atoms with Crippen molar-refractivity contribution in [3.05, 3.63) is 64.1 Å². The van der Waals surface area contributed by atoms with E-state index in [1.54, 1.807) is 39.2 Å². The van der Waals surface area contributed by atoms with E-state index in [4.69, 9.17) is 9.26 Å². The molecule has 1 unspecified atom stereocenters. The van der Waals surface area contributed by atoms with E-state index in [1.165, 1.54) is 19.3 Å². The molecule has 3 aromatic rings.